The van der Waals surface area contributed by atoms with Gasteiger partial charge in [0.2, 0.25) is 0 Å². The zero-order chi connectivity index (χ0) is 67.5. The predicted molar refractivity (Wildman–Crippen MR) is 399 cm³/mol. The Balaban J connectivity index is 3.97. The third-order valence-electron chi connectivity index (χ3n) is 18.5. The molecular weight excluding hydrogens is 1150 g/mol. The van der Waals surface area contributed by atoms with Gasteiger partial charge in [-0.25, -0.2) is 0 Å². The number of carbonyl (C=O) groups excluding carboxylic acids is 3. The standard InChI is InChI=1S/C84H157NO8/c1-6-8-10-12-14-16-18-20-22-24-26-28-30-32-34-36-38-40-41-43-44-46-48-50-52-54-56-58-60-62-64-66-68-70-72-74-81(86)91-78-80(79-92-84(83(88)89)90-77-76-85(3,4)5)93-82(87)75-73-71-69-67-65-63-61-59-57-55-53-51-49-47-45-42-39-37-35-33-31-29-27-25-23-21-19-17-15-13-11-9-7-2/h19,21,24-27,31,33,80,84H,6-18,20,22-23,28-30,32,34-79H2,1-5H3/b21-19-,26-24-,27-25-,33-31-. The highest BCUT2D eigenvalue weighted by atomic mass is 16.7. The number of hydrogen-bond acceptors (Lipinski definition) is 8. The molecule has 0 aliphatic carbocycles. The van der Waals surface area contributed by atoms with Gasteiger partial charge in [-0.15, -0.1) is 0 Å². The van der Waals surface area contributed by atoms with Crippen molar-refractivity contribution >= 4 is 17.9 Å². The molecule has 2 atom stereocenters. The van der Waals surface area contributed by atoms with Crippen molar-refractivity contribution in [3.63, 3.8) is 0 Å². The van der Waals surface area contributed by atoms with Gasteiger partial charge in [0.25, 0.3) is 0 Å². The third kappa shape index (κ3) is 76.5. The molecule has 0 aliphatic heterocycles. The molecule has 93 heavy (non-hydrogen) atoms. The van der Waals surface area contributed by atoms with Crippen LogP contribution in [0.15, 0.2) is 48.6 Å². The maximum Gasteiger partial charge on any atom is 0.306 e. The zero-order valence-electron chi connectivity index (χ0n) is 62.7. The predicted octanol–water partition coefficient (Wildman–Crippen LogP) is 24.7. The van der Waals surface area contributed by atoms with Crippen LogP contribution in [0.3, 0.4) is 0 Å². The summed E-state index contributed by atoms with van der Waals surface area (Å²) in [4.78, 5) is 37.6. The first-order valence-corrected chi connectivity index (χ1v) is 40.8. The fourth-order valence-corrected chi connectivity index (χ4v) is 12.3. The van der Waals surface area contributed by atoms with E-state index >= 15 is 0 Å². The van der Waals surface area contributed by atoms with Crippen LogP contribution < -0.4 is 5.11 Å². The number of likely N-dealkylation sites (N-methyl/N-ethyl adjacent to an activating group) is 1. The van der Waals surface area contributed by atoms with Gasteiger partial charge in [0, 0.05) is 12.8 Å². The topological polar surface area (TPSA) is 111 Å². The van der Waals surface area contributed by atoms with E-state index in [1.54, 1.807) is 0 Å². The van der Waals surface area contributed by atoms with Gasteiger partial charge in [0.1, 0.15) is 13.2 Å². The van der Waals surface area contributed by atoms with Gasteiger partial charge in [-0.2, -0.15) is 0 Å². The number of aliphatic carboxylic acids is 1. The van der Waals surface area contributed by atoms with Crippen molar-refractivity contribution in [2.75, 3.05) is 47.5 Å². The highest BCUT2D eigenvalue weighted by Gasteiger charge is 2.22. The summed E-state index contributed by atoms with van der Waals surface area (Å²) in [6.45, 7) is 4.81. The van der Waals surface area contributed by atoms with Crippen molar-refractivity contribution in [3.8, 4) is 0 Å². The number of carboxylic acid groups (broad SMARTS) is 1. The molecule has 0 aliphatic rings. The summed E-state index contributed by atoms with van der Waals surface area (Å²) in [5, 5.41) is 11.9. The van der Waals surface area contributed by atoms with Crippen LogP contribution in [-0.2, 0) is 33.3 Å². The normalized spacial score (nSPS) is 12.8. The number of carbonyl (C=O) groups is 3. The van der Waals surface area contributed by atoms with Crippen molar-refractivity contribution < 1.29 is 42.9 Å². The molecule has 0 spiro atoms. The minimum atomic E-state index is -1.62. The molecule has 0 radical (unpaired) electrons. The number of carboxylic acids is 1. The molecule has 9 heteroatoms. The Hall–Kier alpha value is -2.75. The molecule has 0 fully saturated rings. The average Bonchev–Trinajstić information content (AvgIpc) is 3.74. The first-order valence-electron chi connectivity index (χ1n) is 40.8. The first-order chi connectivity index (χ1) is 45.6. The molecule has 0 aromatic heterocycles. The second kappa shape index (κ2) is 75.0. The van der Waals surface area contributed by atoms with Gasteiger partial charge in [-0.05, 0) is 77.0 Å². The Morgan fingerprint density at radius 3 is 0.871 bits per heavy atom. The molecule has 0 amide bonds. The lowest BCUT2D eigenvalue weighted by Gasteiger charge is -2.26. The van der Waals surface area contributed by atoms with E-state index in [0.717, 1.165) is 51.4 Å². The Morgan fingerprint density at radius 2 is 0.581 bits per heavy atom. The van der Waals surface area contributed by atoms with E-state index in [-0.39, 0.29) is 32.2 Å². The number of allylic oxidation sites excluding steroid dienone is 8. The number of ether oxygens (including phenoxy) is 4. The molecule has 0 N–H and O–H groups in total. The summed E-state index contributed by atoms with van der Waals surface area (Å²) < 4.78 is 22.9. The van der Waals surface area contributed by atoms with Crippen LogP contribution in [-0.4, -0.2) is 82.3 Å². The second-order valence-corrected chi connectivity index (χ2v) is 29.1. The Labute approximate surface area is 578 Å². The molecule has 9 nitrogen and oxygen atoms in total. The number of esters is 2. The molecule has 546 valence electrons. The largest absolute Gasteiger partial charge is 0.545 e. The Kier molecular flexibility index (Phi) is 72.8. The highest BCUT2D eigenvalue weighted by molar-refractivity contribution is 5.70. The van der Waals surface area contributed by atoms with E-state index in [9.17, 15) is 19.5 Å². The number of unbranched alkanes of at least 4 members (excludes halogenated alkanes) is 54. The van der Waals surface area contributed by atoms with Crippen LogP contribution >= 0.6 is 0 Å². The van der Waals surface area contributed by atoms with Gasteiger partial charge in [0.05, 0.1) is 40.3 Å². The highest BCUT2D eigenvalue weighted by Crippen LogP contribution is 2.20. The lowest BCUT2D eigenvalue weighted by Crippen LogP contribution is -2.44. The van der Waals surface area contributed by atoms with Crippen LogP contribution in [0.2, 0.25) is 0 Å². The van der Waals surface area contributed by atoms with Gasteiger partial charge in [-0.1, -0.05) is 371 Å². The number of rotatable bonds is 77. The van der Waals surface area contributed by atoms with E-state index in [4.69, 9.17) is 18.9 Å². The molecule has 0 saturated carbocycles. The number of nitrogens with zero attached hydrogens (tertiary/aromatic N) is 1. The lowest BCUT2D eigenvalue weighted by atomic mass is 10.0. The molecule has 0 aromatic rings. The summed E-state index contributed by atoms with van der Waals surface area (Å²) in [7, 11) is 5.95. The first kappa shape index (κ1) is 90.2. The smallest absolute Gasteiger partial charge is 0.306 e. The van der Waals surface area contributed by atoms with Crippen molar-refractivity contribution in [1.82, 2.24) is 0 Å². The number of quaternary nitrogens is 1. The van der Waals surface area contributed by atoms with Gasteiger partial charge in [0.15, 0.2) is 12.4 Å². The van der Waals surface area contributed by atoms with Crippen molar-refractivity contribution in [1.29, 1.82) is 0 Å². The second-order valence-electron chi connectivity index (χ2n) is 29.1. The van der Waals surface area contributed by atoms with E-state index in [1.807, 2.05) is 21.1 Å². The maximum absolute atomic E-state index is 13.0. The van der Waals surface area contributed by atoms with Crippen LogP contribution in [0, 0.1) is 0 Å². The minimum absolute atomic E-state index is 0.150. The van der Waals surface area contributed by atoms with Crippen LogP contribution in [0.25, 0.3) is 0 Å². The third-order valence-corrected chi connectivity index (χ3v) is 18.5. The van der Waals surface area contributed by atoms with Crippen LogP contribution in [0.5, 0.6) is 0 Å². The molecule has 0 aromatic carbocycles. The minimum Gasteiger partial charge on any atom is -0.545 e. The van der Waals surface area contributed by atoms with Crippen LogP contribution in [0.4, 0.5) is 0 Å². The van der Waals surface area contributed by atoms with E-state index < -0.39 is 24.3 Å². The molecule has 0 heterocycles. The number of hydrogen-bond donors (Lipinski definition) is 0. The molecule has 0 rings (SSSR count). The molecular formula is C84H157NO8. The Bertz CT molecular complexity index is 1670. The van der Waals surface area contributed by atoms with E-state index in [2.05, 4.69) is 62.5 Å². The van der Waals surface area contributed by atoms with Crippen molar-refractivity contribution in [2.45, 2.75) is 424 Å². The van der Waals surface area contributed by atoms with Crippen LogP contribution in [0.1, 0.15) is 412 Å². The average molecular weight is 1310 g/mol. The van der Waals surface area contributed by atoms with Crippen molar-refractivity contribution in [3.05, 3.63) is 48.6 Å². The zero-order valence-corrected chi connectivity index (χ0v) is 62.7. The molecule has 0 saturated heterocycles. The Morgan fingerprint density at radius 1 is 0.323 bits per heavy atom. The van der Waals surface area contributed by atoms with Gasteiger partial charge in [-0.3, -0.25) is 9.59 Å². The summed E-state index contributed by atoms with van der Waals surface area (Å²) in [5.41, 5.74) is 0. The SMILES string of the molecule is CCCCCCC/C=C\C/C=C\C/C=C\CCCCCCCCCCCCCCCCCCCCC(=O)OC(COC(=O)CCCCCCCCCCCCCCCCCCCCCCCCC/C=C\CCCCCCCCCC)COC(OCC[N+](C)(C)C)C(=O)[O-]. The monoisotopic (exact) mass is 1310 g/mol. The lowest BCUT2D eigenvalue weighted by molar-refractivity contribution is -0.870. The van der Waals surface area contributed by atoms with Gasteiger partial charge >= 0.3 is 11.9 Å². The summed E-state index contributed by atoms with van der Waals surface area (Å²) in [6.07, 6.45) is 95.3. The maximum atomic E-state index is 13.0. The molecule has 0 bridgehead atoms. The van der Waals surface area contributed by atoms with E-state index in [0.29, 0.717) is 17.4 Å². The summed E-state index contributed by atoms with van der Waals surface area (Å²) >= 11 is 0. The van der Waals surface area contributed by atoms with Crippen molar-refractivity contribution in [2.24, 2.45) is 0 Å². The van der Waals surface area contributed by atoms with E-state index in [1.165, 1.54) is 334 Å². The quantitative estimate of drug-likeness (QED) is 0.0195. The van der Waals surface area contributed by atoms with Gasteiger partial charge < -0.3 is 33.3 Å². The molecule has 2 unspecified atom stereocenters. The summed E-state index contributed by atoms with van der Waals surface area (Å²) in [5.74, 6) is -2.25. The fourth-order valence-electron chi connectivity index (χ4n) is 12.3. The fraction of sp³-hybridized carbons (Fsp3) is 0.869. The summed E-state index contributed by atoms with van der Waals surface area (Å²) in [6, 6.07) is 0.